The van der Waals surface area contributed by atoms with E-state index in [1.807, 2.05) is 0 Å². The molecule has 1 rings (SSSR count). The second-order valence-corrected chi connectivity index (χ2v) is 4.48. The minimum Gasteiger partial charge on any atom is -0.329 e. The number of hydrogen-bond acceptors (Lipinski definition) is 2. The summed E-state index contributed by atoms with van der Waals surface area (Å²) >= 11 is 0. The zero-order chi connectivity index (χ0) is 11.3. The molecule has 0 aromatic rings. The highest BCUT2D eigenvalue weighted by atomic mass is 19.3. The Bertz CT molecular complexity index is 175. The first-order valence-corrected chi connectivity index (χ1v) is 5.87. The van der Waals surface area contributed by atoms with Gasteiger partial charge >= 0.3 is 0 Å². The lowest BCUT2D eigenvalue weighted by Crippen LogP contribution is -2.36. The van der Waals surface area contributed by atoms with Crippen molar-refractivity contribution >= 4 is 0 Å². The van der Waals surface area contributed by atoms with Crippen LogP contribution >= 0.6 is 0 Å². The van der Waals surface area contributed by atoms with E-state index >= 15 is 0 Å². The average Bonchev–Trinajstić information content (AvgIpc) is 2.20. The fourth-order valence-electron chi connectivity index (χ4n) is 2.21. The van der Waals surface area contributed by atoms with Crippen molar-refractivity contribution < 1.29 is 8.78 Å². The molecule has 0 heterocycles. The van der Waals surface area contributed by atoms with Gasteiger partial charge in [0.05, 0.1) is 0 Å². The number of likely N-dealkylation sites (N-methyl/N-ethyl adjacent to an activating group) is 1. The second-order valence-electron chi connectivity index (χ2n) is 4.48. The third-order valence-corrected chi connectivity index (χ3v) is 3.25. The van der Waals surface area contributed by atoms with Crippen LogP contribution in [0.25, 0.3) is 0 Å². The van der Waals surface area contributed by atoms with Crippen LogP contribution in [0.5, 0.6) is 0 Å². The number of nitrogens with two attached hydrogens (primary N) is 1. The zero-order valence-corrected chi connectivity index (χ0v) is 9.51. The summed E-state index contributed by atoms with van der Waals surface area (Å²) in [7, 11) is 0. The number of halogens is 2. The van der Waals surface area contributed by atoms with Crippen LogP contribution in [0, 0.1) is 5.92 Å². The third kappa shape index (κ3) is 4.43. The van der Waals surface area contributed by atoms with Gasteiger partial charge in [0, 0.05) is 32.5 Å². The average molecular weight is 220 g/mol. The molecule has 1 saturated carbocycles. The lowest BCUT2D eigenvalue weighted by molar-refractivity contribution is -0.0486. The maximum atomic E-state index is 12.9. The van der Waals surface area contributed by atoms with Gasteiger partial charge in [-0.1, -0.05) is 6.92 Å². The lowest BCUT2D eigenvalue weighted by atomic mass is 9.86. The molecule has 2 N–H and O–H groups in total. The standard InChI is InChI=1S/C11H22F2N2/c1-2-15(8-7-14)9-10-3-5-11(12,13)6-4-10/h10H,2-9,14H2,1H3. The molecule has 0 aliphatic heterocycles. The minimum atomic E-state index is -2.40. The van der Waals surface area contributed by atoms with E-state index in [0.29, 0.717) is 25.3 Å². The van der Waals surface area contributed by atoms with Crippen LogP contribution in [0.1, 0.15) is 32.6 Å². The van der Waals surface area contributed by atoms with Crippen LogP contribution in [0.15, 0.2) is 0 Å². The Labute approximate surface area is 90.8 Å². The molecule has 1 aliphatic rings. The fourth-order valence-corrected chi connectivity index (χ4v) is 2.21. The third-order valence-electron chi connectivity index (χ3n) is 3.25. The van der Waals surface area contributed by atoms with Gasteiger partial charge in [0.1, 0.15) is 0 Å². The largest absolute Gasteiger partial charge is 0.329 e. The Balaban J connectivity index is 2.28. The van der Waals surface area contributed by atoms with Crippen molar-refractivity contribution in [2.45, 2.75) is 38.5 Å². The van der Waals surface area contributed by atoms with E-state index in [1.54, 1.807) is 0 Å². The molecule has 0 bridgehead atoms. The van der Waals surface area contributed by atoms with Crippen LogP contribution in [-0.2, 0) is 0 Å². The monoisotopic (exact) mass is 220 g/mol. The Morgan fingerprint density at radius 2 is 1.93 bits per heavy atom. The molecule has 0 amide bonds. The quantitative estimate of drug-likeness (QED) is 0.768. The first-order valence-electron chi connectivity index (χ1n) is 5.87. The minimum absolute atomic E-state index is 0.0673. The first kappa shape index (κ1) is 12.8. The zero-order valence-electron chi connectivity index (χ0n) is 9.51. The summed E-state index contributed by atoms with van der Waals surface area (Å²) in [5, 5.41) is 0. The van der Waals surface area contributed by atoms with Crippen molar-refractivity contribution in [2.75, 3.05) is 26.2 Å². The van der Waals surface area contributed by atoms with Gasteiger partial charge in [-0.25, -0.2) is 8.78 Å². The van der Waals surface area contributed by atoms with Crippen LogP contribution in [0.4, 0.5) is 8.78 Å². The summed E-state index contributed by atoms with van der Waals surface area (Å²) in [4.78, 5) is 2.26. The highest BCUT2D eigenvalue weighted by molar-refractivity contribution is 4.79. The lowest BCUT2D eigenvalue weighted by Gasteiger charge is -2.32. The van der Waals surface area contributed by atoms with E-state index in [9.17, 15) is 8.78 Å². The van der Waals surface area contributed by atoms with Gasteiger partial charge in [-0.15, -0.1) is 0 Å². The summed E-state index contributed by atoms with van der Waals surface area (Å²) in [6, 6.07) is 0. The van der Waals surface area contributed by atoms with E-state index in [-0.39, 0.29) is 12.8 Å². The van der Waals surface area contributed by atoms with Crippen molar-refractivity contribution in [3.8, 4) is 0 Å². The fraction of sp³-hybridized carbons (Fsp3) is 1.00. The van der Waals surface area contributed by atoms with E-state index in [1.165, 1.54) is 0 Å². The Kier molecular flexibility index (Phi) is 4.93. The smallest absolute Gasteiger partial charge is 0.248 e. The topological polar surface area (TPSA) is 29.3 Å². The first-order chi connectivity index (χ1) is 7.07. The van der Waals surface area contributed by atoms with Crippen LogP contribution in [0.2, 0.25) is 0 Å². The molecule has 0 spiro atoms. The maximum Gasteiger partial charge on any atom is 0.248 e. The molecule has 0 radical (unpaired) electrons. The molecule has 4 heteroatoms. The summed E-state index contributed by atoms with van der Waals surface area (Å²) in [5.74, 6) is -1.96. The molecule has 0 atom stereocenters. The van der Waals surface area contributed by atoms with Gasteiger partial charge in [0.2, 0.25) is 5.92 Å². The second kappa shape index (κ2) is 5.75. The number of nitrogens with zero attached hydrogens (tertiary/aromatic N) is 1. The highest BCUT2D eigenvalue weighted by Crippen LogP contribution is 2.36. The molecule has 1 fully saturated rings. The number of hydrogen-bond donors (Lipinski definition) is 1. The molecule has 2 nitrogen and oxygen atoms in total. The van der Waals surface area contributed by atoms with Crippen LogP contribution in [0.3, 0.4) is 0 Å². The van der Waals surface area contributed by atoms with Crippen molar-refractivity contribution in [3.63, 3.8) is 0 Å². The number of rotatable bonds is 5. The van der Waals surface area contributed by atoms with Gasteiger partial charge in [0.15, 0.2) is 0 Å². The van der Waals surface area contributed by atoms with Gasteiger partial charge in [-0.2, -0.15) is 0 Å². The van der Waals surface area contributed by atoms with Gasteiger partial charge in [-0.05, 0) is 25.3 Å². The highest BCUT2D eigenvalue weighted by Gasteiger charge is 2.35. The van der Waals surface area contributed by atoms with Crippen molar-refractivity contribution in [1.29, 1.82) is 0 Å². The normalized spacial score (nSPS) is 22.2. The summed E-state index contributed by atoms with van der Waals surface area (Å²) in [5.41, 5.74) is 5.49. The van der Waals surface area contributed by atoms with Crippen molar-refractivity contribution in [3.05, 3.63) is 0 Å². The molecule has 0 aromatic heterocycles. The molecule has 0 aromatic carbocycles. The molecule has 1 aliphatic carbocycles. The Hall–Kier alpha value is -0.220. The van der Waals surface area contributed by atoms with E-state index in [4.69, 9.17) is 5.73 Å². The maximum absolute atomic E-state index is 12.9. The molecule has 0 unspecified atom stereocenters. The molecule has 90 valence electrons. The van der Waals surface area contributed by atoms with E-state index in [0.717, 1.165) is 19.6 Å². The molecule has 0 saturated heterocycles. The van der Waals surface area contributed by atoms with Crippen molar-refractivity contribution in [2.24, 2.45) is 11.7 Å². The SMILES string of the molecule is CCN(CCN)CC1CCC(F)(F)CC1. The van der Waals surface area contributed by atoms with Gasteiger partial charge in [-0.3, -0.25) is 0 Å². The number of alkyl halides is 2. The van der Waals surface area contributed by atoms with Crippen LogP contribution < -0.4 is 5.73 Å². The molecular weight excluding hydrogens is 198 g/mol. The molecular formula is C11H22F2N2. The van der Waals surface area contributed by atoms with E-state index in [2.05, 4.69) is 11.8 Å². The van der Waals surface area contributed by atoms with Crippen molar-refractivity contribution in [1.82, 2.24) is 4.90 Å². The van der Waals surface area contributed by atoms with Crippen LogP contribution in [-0.4, -0.2) is 37.0 Å². The van der Waals surface area contributed by atoms with Gasteiger partial charge < -0.3 is 10.6 Å². The summed E-state index contributed by atoms with van der Waals surface area (Å²) in [6.07, 6.45) is 1.46. The Morgan fingerprint density at radius 1 is 1.33 bits per heavy atom. The summed E-state index contributed by atoms with van der Waals surface area (Å²) < 4.78 is 25.8. The Morgan fingerprint density at radius 3 is 2.40 bits per heavy atom. The van der Waals surface area contributed by atoms with E-state index < -0.39 is 5.92 Å². The predicted octanol–water partition coefficient (Wildman–Crippen LogP) is 2.09. The predicted molar refractivity (Wildman–Crippen MR) is 58.1 cm³/mol. The molecule has 15 heavy (non-hydrogen) atoms. The van der Waals surface area contributed by atoms with Gasteiger partial charge in [0.25, 0.3) is 0 Å². The summed E-state index contributed by atoms with van der Waals surface area (Å²) in [6.45, 7) is 5.51.